The predicted molar refractivity (Wildman–Crippen MR) is 105 cm³/mol. The number of methoxy groups -OCH3 is 1. The SMILES string of the molecule is CN=C(NCCc1c[nH]c2ccccc12)NCCN(C)CCCOC. The maximum atomic E-state index is 5.08. The molecule has 1 aromatic carbocycles. The van der Waals surface area contributed by atoms with Crippen LogP contribution in [0.25, 0.3) is 10.9 Å². The molecule has 2 rings (SSSR count). The van der Waals surface area contributed by atoms with Crippen LogP contribution in [0.2, 0.25) is 0 Å². The topological polar surface area (TPSA) is 64.7 Å². The van der Waals surface area contributed by atoms with Crippen LogP contribution in [-0.2, 0) is 11.2 Å². The zero-order chi connectivity index (χ0) is 17.9. The van der Waals surface area contributed by atoms with Crippen molar-refractivity contribution in [1.82, 2.24) is 20.5 Å². The zero-order valence-corrected chi connectivity index (χ0v) is 15.6. The lowest BCUT2D eigenvalue weighted by molar-refractivity contribution is 0.180. The van der Waals surface area contributed by atoms with Crippen LogP contribution in [0.1, 0.15) is 12.0 Å². The van der Waals surface area contributed by atoms with E-state index in [0.717, 1.165) is 51.6 Å². The number of rotatable bonds is 10. The van der Waals surface area contributed by atoms with Gasteiger partial charge in [-0.3, -0.25) is 4.99 Å². The molecule has 6 heteroatoms. The third-order valence-corrected chi connectivity index (χ3v) is 4.26. The summed E-state index contributed by atoms with van der Waals surface area (Å²) in [7, 11) is 5.68. The van der Waals surface area contributed by atoms with E-state index in [0.29, 0.717) is 0 Å². The summed E-state index contributed by atoms with van der Waals surface area (Å²) in [6.45, 7) is 4.56. The molecule has 1 aromatic heterocycles. The number of H-pyrrole nitrogens is 1. The Morgan fingerprint density at radius 3 is 2.80 bits per heavy atom. The van der Waals surface area contributed by atoms with E-state index in [-0.39, 0.29) is 0 Å². The van der Waals surface area contributed by atoms with Crippen molar-refractivity contribution < 1.29 is 4.74 Å². The molecule has 0 aliphatic heterocycles. The summed E-state index contributed by atoms with van der Waals surface area (Å²) in [4.78, 5) is 9.91. The first-order valence-corrected chi connectivity index (χ1v) is 8.91. The summed E-state index contributed by atoms with van der Waals surface area (Å²) in [5.41, 5.74) is 2.52. The molecule has 6 nitrogen and oxygen atoms in total. The Kier molecular flexibility index (Phi) is 8.28. The summed E-state index contributed by atoms with van der Waals surface area (Å²) in [6, 6.07) is 8.40. The minimum absolute atomic E-state index is 0.814. The first kappa shape index (κ1) is 19.3. The molecule has 0 fully saturated rings. The predicted octanol–water partition coefficient (Wildman–Crippen LogP) is 1.84. The van der Waals surface area contributed by atoms with Crippen LogP contribution in [-0.4, -0.2) is 69.8 Å². The Bertz CT molecular complexity index is 652. The molecule has 0 aliphatic rings. The number of nitrogens with zero attached hydrogens (tertiary/aromatic N) is 2. The number of nitrogens with one attached hydrogen (secondary N) is 3. The van der Waals surface area contributed by atoms with Gasteiger partial charge >= 0.3 is 0 Å². The highest BCUT2D eigenvalue weighted by Crippen LogP contribution is 2.17. The second-order valence-electron chi connectivity index (χ2n) is 6.18. The molecule has 0 radical (unpaired) electrons. The lowest BCUT2D eigenvalue weighted by Gasteiger charge is -2.18. The largest absolute Gasteiger partial charge is 0.385 e. The van der Waals surface area contributed by atoms with Crippen LogP contribution in [0.5, 0.6) is 0 Å². The summed E-state index contributed by atoms with van der Waals surface area (Å²) >= 11 is 0. The lowest BCUT2D eigenvalue weighted by atomic mass is 10.1. The fourth-order valence-electron chi connectivity index (χ4n) is 2.83. The Balaban J connectivity index is 1.67. The van der Waals surface area contributed by atoms with Gasteiger partial charge < -0.3 is 25.3 Å². The van der Waals surface area contributed by atoms with Gasteiger partial charge in [0.1, 0.15) is 0 Å². The number of aromatic nitrogens is 1. The van der Waals surface area contributed by atoms with Gasteiger partial charge in [0.05, 0.1) is 0 Å². The number of hydrogen-bond acceptors (Lipinski definition) is 3. The molecular weight excluding hydrogens is 314 g/mol. The summed E-state index contributed by atoms with van der Waals surface area (Å²) in [5.74, 6) is 0.852. The number of benzene rings is 1. The second kappa shape index (κ2) is 10.7. The molecule has 3 N–H and O–H groups in total. The highest BCUT2D eigenvalue weighted by Gasteiger charge is 2.04. The zero-order valence-electron chi connectivity index (χ0n) is 15.6. The summed E-state index contributed by atoms with van der Waals surface area (Å²) < 4.78 is 5.08. The molecule has 0 unspecified atom stereocenters. The number of aliphatic imine (C=N–C) groups is 1. The summed E-state index contributed by atoms with van der Waals surface area (Å²) in [6.07, 6.45) is 4.11. The Morgan fingerprint density at radius 1 is 1.20 bits per heavy atom. The molecule has 25 heavy (non-hydrogen) atoms. The number of hydrogen-bond donors (Lipinski definition) is 3. The second-order valence-corrected chi connectivity index (χ2v) is 6.18. The molecular formula is C19H31N5O. The van der Waals surface area contributed by atoms with Crippen molar-refractivity contribution >= 4 is 16.9 Å². The lowest BCUT2D eigenvalue weighted by Crippen LogP contribution is -2.41. The van der Waals surface area contributed by atoms with Gasteiger partial charge in [0.25, 0.3) is 0 Å². The minimum Gasteiger partial charge on any atom is -0.385 e. The third kappa shape index (κ3) is 6.40. The molecule has 2 aromatic rings. The van der Waals surface area contributed by atoms with Crippen molar-refractivity contribution in [1.29, 1.82) is 0 Å². The van der Waals surface area contributed by atoms with Crippen molar-refractivity contribution in [3.8, 4) is 0 Å². The molecule has 0 amide bonds. The first-order chi connectivity index (χ1) is 12.2. The molecule has 0 bridgehead atoms. The van der Waals surface area contributed by atoms with Gasteiger partial charge in [-0.25, -0.2) is 0 Å². The van der Waals surface area contributed by atoms with E-state index in [4.69, 9.17) is 4.74 Å². The Morgan fingerprint density at radius 2 is 2.00 bits per heavy atom. The Labute approximate surface area is 150 Å². The van der Waals surface area contributed by atoms with Crippen LogP contribution in [0.15, 0.2) is 35.5 Å². The maximum Gasteiger partial charge on any atom is 0.191 e. The highest BCUT2D eigenvalue weighted by molar-refractivity contribution is 5.83. The van der Waals surface area contributed by atoms with E-state index in [1.807, 2.05) is 7.05 Å². The van der Waals surface area contributed by atoms with Crippen molar-refractivity contribution in [3.05, 3.63) is 36.0 Å². The highest BCUT2D eigenvalue weighted by atomic mass is 16.5. The number of fused-ring (bicyclic) bond motifs is 1. The monoisotopic (exact) mass is 345 g/mol. The molecule has 0 aliphatic carbocycles. The van der Waals surface area contributed by atoms with Crippen molar-refractivity contribution in [2.24, 2.45) is 4.99 Å². The average Bonchev–Trinajstić information content (AvgIpc) is 3.04. The van der Waals surface area contributed by atoms with Crippen LogP contribution in [0.3, 0.4) is 0 Å². The van der Waals surface area contributed by atoms with Crippen LogP contribution in [0, 0.1) is 0 Å². The molecule has 138 valence electrons. The van der Waals surface area contributed by atoms with Crippen molar-refractivity contribution in [2.75, 3.05) is 54.0 Å². The number of ether oxygens (including phenoxy) is 1. The number of para-hydroxylation sites is 1. The van der Waals surface area contributed by atoms with E-state index < -0.39 is 0 Å². The van der Waals surface area contributed by atoms with Gasteiger partial charge in [-0.05, 0) is 31.5 Å². The molecule has 0 saturated heterocycles. The van der Waals surface area contributed by atoms with E-state index >= 15 is 0 Å². The van der Waals surface area contributed by atoms with Crippen LogP contribution >= 0.6 is 0 Å². The molecule has 0 atom stereocenters. The van der Waals surface area contributed by atoms with Crippen molar-refractivity contribution in [2.45, 2.75) is 12.8 Å². The smallest absolute Gasteiger partial charge is 0.191 e. The van der Waals surface area contributed by atoms with Gasteiger partial charge in [0.15, 0.2) is 5.96 Å². The van der Waals surface area contributed by atoms with Crippen LogP contribution in [0.4, 0.5) is 0 Å². The number of aromatic amines is 1. The van der Waals surface area contributed by atoms with Gasteiger partial charge in [-0.15, -0.1) is 0 Å². The first-order valence-electron chi connectivity index (χ1n) is 8.91. The normalized spacial score (nSPS) is 12.1. The quantitative estimate of drug-likeness (QED) is 0.349. The van der Waals surface area contributed by atoms with E-state index in [2.05, 4.69) is 63.0 Å². The maximum absolute atomic E-state index is 5.08. The fraction of sp³-hybridized carbons (Fsp3) is 0.526. The molecule has 0 saturated carbocycles. The fourth-order valence-corrected chi connectivity index (χ4v) is 2.83. The molecule has 0 spiro atoms. The molecule has 1 heterocycles. The van der Waals surface area contributed by atoms with E-state index in [9.17, 15) is 0 Å². The number of guanidine groups is 1. The third-order valence-electron chi connectivity index (χ3n) is 4.26. The standard InChI is InChI=1S/C19H31N5O/c1-20-19(22-11-13-24(2)12-6-14-25-3)21-10-9-16-15-23-18-8-5-4-7-17(16)18/h4-5,7-8,15,23H,6,9-14H2,1-3H3,(H2,20,21,22). The van der Waals surface area contributed by atoms with Gasteiger partial charge in [0.2, 0.25) is 0 Å². The van der Waals surface area contributed by atoms with E-state index in [1.165, 1.54) is 16.5 Å². The van der Waals surface area contributed by atoms with Gasteiger partial charge in [-0.1, -0.05) is 18.2 Å². The van der Waals surface area contributed by atoms with Crippen LogP contribution < -0.4 is 10.6 Å². The summed E-state index contributed by atoms with van der Waals surface area (Å²) in [5, 5.41) is 8.05. The minimum atomic E-state index is 0.814. The van der Waals surface area contributed by atoms with Gasteiger partial charge in [-0.2, -0.15) is 0 Å². The van der Waals surface area contributed by atoms with Gasteiger partial charge in [0, 0.05) is 64.0 Å². The average molecular weight is 345 g/mol. The number of likely N-dealkylation sites (N-methyl/N-ethyl adjacent to an activating group) is 1. The Hall–Kier alpha value is -2.05. The van der Waals surface area contributed by atoms with Crippen molar-refractivity contribution in [3.63, 3.8) is 0 Å². The van der Waals surface area contributed by atoms with E-state index in [1.54, 1.807) is 7.11 Å².